The van der Waals surface area contributed by atoms with E-state index in [0.29, 0.717) is 5.56 Å². The zero-order valence-corrected chi connectivity index (χ0v) is 9.32. The number of nitro benzene ring substituents is 1. The van der Waals surface area contributed by atoms with Crippen molar-refractivity contribution in [2.75, 3.05) is 7.11 Å². The van der Waals surface area contributed by atoms with E-state index in [1.165, 1.54) is 19.2 Å². The molecule has 0 amide bonds. The van der Waals surface area contributed by atoms with Gasteiger partial charge in [0.2, 0.25) is 0 Å². The van der Waals surface area contributed by atoms with Crippen LogP contribution in [0.15, 0.2) is 18.2 Å². The highest BCUT2D eigenvalue weighted by molar-refractivity contribution is 5.90. The Kier molecular flexibility index (Phi) is 5.41. The molecule has 16 heavy (non-hydrogen) atoms. The number of ether oxygens (including phenoxy) is 1. The van der Waals surface area contributed by atoms with Gasteiger partial charge < -0.3 is 10.5 Å². The Morgan fingerprint density at radius 1 is 1.50 bits per heavy atom. The van der Waals surface area contributed by atoms with Crippen LogP contribution in [0.25, 0.3) is 0 Å². The second-order valence-electron chi connectivity index (χ2n) is 2.84. The van der Waals surface area contributed by atoms with Crippen LogP contribution in [0, 0.1) is 10.1 Å². The smallest absolute Gasteiger partial charge is 0.338 e. The van der Waals surface area contributed by atoms with Crippen molar-refractivity contribution in [3.8, 4) is 0 Å². The third-order valence-electron chi connectivity index (χ3n) is 1.85. The van der Waals surface area contributed by atoms with E-state index < -0.39 is 10.9 Å². The van der Waals surface area contributed by atoms with Crippen molar-refractivity contribution in [2.24, 2.45) is 5.73 Å². The lowest BCUT2D eigenvalue weighted by Crippen LogP contribution is -2.05. The Morgan fingerprint density at radius 2 is 2.12 bits per heavy atom. The molecule has 2 N–H and O–H groups in total. The molecule has 0 saturated carbocycles. The number of hydrogen-bond acceptors (Lipinski definition) is 5. The second-order valence-corrected chi connectivity index (χ2v) is 2.84. The number of hydrogen-bond donors (Lipinski definition) is 1. The zero-order chi connectivity index (χ0) is 11.4. The number of benzene rings is 1. The number of nitro groups is 1. The average molecular weight is 247 g/mol. The van der Waals surface area contributed by atoms with Gasteiger partial charge in [0.15, 0.2) is 0 Å². The number of methoxy groups -OCH3 is 1. The van der Waals surface area contributed by atoms with Crippen LogP contribution in [0.4, 0.5) is 5.69 Å². The Bertz CT molecular complexity index is 408. The fourth-order valence-electron chi connectivity index (χ4n) is 1.13. The average Bonchev–Trinajstić information content (AvgIpc) is 2.27. The zero-order valence-electron chi connectivity index (χ0n) is 8.50. The summed E-state index contributed by atoms with van der Waals surface area (Å²) in [5, 5.41) is 10.5. The van der Waals surface area contributed by atoms with Crippen LogP contribution in [0.5, 0.6) is 0 Å². The molecule has 0 fully saturated rings. The number of carbonyl (C=O) groups excluding carboxylic acids is 1. The molecule has 0 unspecified atom stereocenters. The van der Waals surface area contributed by atoms with Gasteiger partial charge in [0.1, 0.15) is 0 Å². The highest BCUT2D eigenvalue weighted by Gasteiger charge is 2.13. The first-order chi connectivity index (χ1) is 7.08. The first-order valence-corrected chi connectivity index (χ1v) is 4.15. The summed E-state index contributed by atoms with van der Waals surface area (Å²) in [7, 11) is 1.21. The topological polar surface area (TPSA) is 95.5 Å². The Balaban J connectivity index is 0.00000225. The molecular weight excluding hydrogens is 236 g/mol. The number of esters is 1. The Hall–Kier alpha value is -1.66. The summed E-state index contributed by atoms with van der Waals surface area (Å²) in [4.78, 5) is 21.1. The fourth-order valence-corrected chi connectivity index (χ4v) is 1.13. The van der Waals surface area contributed by atoms with Crippen molar-refractivity contribution in [1.29, 1.82) is 0 Å². The standard InChI is InChI=1S/C9H10N2O4.ClH/c1-15-9(12)7-2-6(5-10)3-8(4-7)11(13)14;/h2-4H,5,10H2,1H3;1H. The molecule has 6 nitrogen and oxygen atoms in total. The monoisotopic (exact) mass is 246 g/mol. The maximum absolute atomic E-state index is 11.2. The normalized spacial score (nSPS) is 9.12. The van der Waals surface area contributed by atoms with Crippen molar-refractivity contribution >= 4 is 24.1 Å². The van der Waals surface area contributed by atoms with E-state index in [1.54, 1.807) is 0 Å². The van der Waals surface area contributed by atoms with Crippen LogP contribution in [0.1, 0.15) is 15.9 Å². The summed E-state index contributed by atoms with van der Waals surface area (Å²) in [6.07, 6.45) is 0. The molecule has 88 valence electrons. The lowest BCUT2D eigenvalue weighted by atomic mass is 10.1. The van der Waals surface area contributed by atoms with E-state index in [0.717, 1.165) is 6.07 Å². The van der Waals surface area contributed by atoms with Crippen molar-refractivity contribution in [3.63, 3.8) is 0 Å². The van der Waals surface area contributed by atoms with Crippen LogP contribution in [-0.2, 0) is 11.3 Å². The summed E-state index contributed by atoms with van der Waals surface area (Å²) >= 11 is 0. The molecule has 0 aliphatic rings. The van der Waals surface area contributed by atoms with Crippen LogP contribution < -0.4 is 5.73 Å². The van der Waals surface area contributed by atoms with Gasteiger partial charge in [-0.15, -0.1) is 12.4 Å². The van der Waals surface area contributed by atoms with E-state index >= 15 is 0 Å². The maximum atomic E-state index is 11.2. The number of non-ortho nitro benzene ring substituents is 1. The minimum Gasteiger partial charge on any atom is -0.465 e. The van der Waals surface area contributed by atoms with E-state index in [4.69, 9.17) is 5.73 Å². The van der Waals surface area contributed by atoms with Crippen molar-refractivity contribution in [1.82, 2.24) is 0 Å². The van der Waals surface area contributed by atoms with Gasteiger partial charge in [0.05, 0.1) is 17.6 Å². The van der Waals surface area contributed by atoms with Crippen molar-refractivity contribution in [3.05, 3.63) is 39.4 Å². The molecule has 0 saturated heterocycles. The molecule has 0 atom stereocenters. The lowest BCUT2D eigenvalue weighted by molar-refractivity contribution is -0.384. The highest BCUT2D eigenvalue weighted by Crippen LogP contribution is 2.17. The van der Waals surface area contributed by atoms with Gasteiger partial charge >= 0.3 is 5.97 Å². The second kappa shape index (κ2) is 6.04. The van der Waals surface area contributed by atoms with E-state index in [2.05, 4.69) is 4.74 Å². The number of nitrogens with two attached hydrogens (primary N) is 1. The molecule has 0 aliphatic carbocycles. The van der Waals surface area contributed by atoms with Crippen LogP contribution >= 0.6 is 12.4 Å². The largest absolute Gasteiger partial charge is 0.465 e. The highest BCUT2D eigenvalue weighted by atomic mass is 35.5. The molecule has 0 aromatic heterocycles. The maximum Gasteiger partial charge on any atom is 0.338 e. The molecule has 0 radical (unpaired) electrons. The summed E-state index contributed by atoms with van der Waals surface area (Å²) in [5.74, 6) is -0.617. The number of halogens is 1. The number of carbonyl (C=O) groups is 1. The predicted molar refractivity (Wildman–Crippen MR) is 59.6 cm³/mol. The van der Waals surface area contributed by atoms with Crippen molar-refractivity contribution < 1.29 is 14.5 Å². The fraction of sp³-hybridized carbons (Fsp3) is 0.222. The minimum atomic E-state index is -0.617. The third kappa shape index (κ3) is 3.18. The van der Waals surface area contributed by atoms with Crippen LogP contribution in [-0.4, -0.2) is 18.0 Å². The molecule has 0 aliphatic heterocycles. The van der Waals surface area contributed by atoms with Gasteiger partial charge in [0.25, 0.3) is 5.69 Å². The van der Waals surface area contributed by atoms with Crippen LogP contribution in [0.2, 0.25) is 0 Å². The summed E-state index contributed by atoms with van der Waals surface area (Å²) in [6.45, 7) is 0.131. The first kappa shape index (κ1) is 14.3. The molecule has 0 bridgehead atoms. The lowest BCUT2D eigenvalue weighted by Gasteiger charge is -2.02. The van der Waals surface area contributed by atoms with Gasteiger partial charge in [-0.2, -0.15) is 0 Å². The molecule has 1 aromatic rings. The van der Waals surface area contributed by atoms with Gasteiger partial charge in [0, 0.05) is 18.7 Å². The van der Waals surface area contributed by atoms with Gasteiger partial charge in [-0.25, -0.2) is 4.79 Å². The first-order valence-electron chi connectivity index (χ1n) is 4.15. The van der Waals surface area contributed by atoms with Gasteiger partial charge in [-0.1, -0.05) is 0 Å². The van der Waals surface area contributed by atoms with Crippen molar-refractivity contribution in [2.45, 2.75) is 6.54 Å². The molecule has 0 heterocycles. The predicted octanol–water partition coefficient (Wildman–Crippen LogP) is 1.26. The molecular formula is C9H11ClN2O4. The summed E-state index contributed by atoms with van der Waals surface area (Å²) < 4.78 is 4.47. The molecule has 1 rings (SSSR count). The SMILES string of the molecule is COC(=O)c1cc(CN)cc([N+](=O)[O-])c1.Cl. The summed E-state index contributed by atoms with van der Waals surface area (Å²) in [6, 6.07) is 3.95. The molecule has 7 heteroatoms. The van der Waals surface area contributed by atoms with E-state index in [1.807, 2.05) is 0 Å². The quantitative estimate of drug-likeness (QED) is 0.492. The van der Waals surface area contributed by atoms with Crippen LogP contribution in [0.3, 0.4) is 0 Å². The summed E-state index contributed by atoms with van der Waals surface area (Å²) in [5.41, 5.74) is 5.84. The third-order valence-corrected chi connectivity index (χ3v) is 1.85. The molecule has 1 aromatic carbocycles. The van der Waals surface area contributed by atoms with Gasteiger partial charge in [-0.3, -0.25) is 10.1 Å². The molecule has 0 spiro atoms. The number of rotatable bonds is 3. The number of nitrogens with zero attached hydrogens (tertiary/aromatic N) is 1. The van der Waals surface area contributed by atoms with Gasteiger partial charge in [-0.05, 0) is 11.6 Å². The van der Waals surface area contributed by atoms with E-state index in [9.17, 15) is 14.9 Å². The minimum absolute atomic E-state index is 0. The van der Waals surface area contributed by atoms with E-state index in [-0.39, 0.29) is 30.2 Å². The Labute approximate surface area is 97.9 Å². The Morgan fingerprint density at radius 3 is 2.56 bits per heavy atom.